The van der Waals surface area contributed by atoms with Crippen LogP contribution in [0.15, 0.2) is 91.0 Å². The van der Waals surface area contributed by atoms with E-state index in [1.54, 1.807) is 36.4 Å². The molecule has 6 aromatic carbocycles. The fourth-order valence-electron chi connectivity index (χ4n) is 5.92. The summed E-state index contributed by atoms with van der Waals surface area (Å²) in [6.07, 6.45) is 0. The zero-order chi connectivity index (χ0) is 25.4. The van der Waals surface area contributed by atoms with Crippen molar-refractivity contribution in [3.05, 3.63) is 122 Å². The molecule has 0 saturated carbocycles. The molecule has 37 heavy (non-hydrogen) atoms. The summed E-state index contributed by atoms with van der Waals surface area (Å²) >= 11 is 0. The van der Waals surface area contributed by atoms with Crippen molar-refractivity contribution in [2.75, 3.05) is 0 Å². The quantitative estimate of drug-likeness (QED) is 0.110. The molecule has 1 unspecified atom stereocenters. The van der Waals surface area contributed by atoms with Crippen LogP contribution in [0.2, 0.25) is 0 Å². The number of ketones is 1. The summed E-state index contributed by atoms with van der Waals surface area (Å²) in [7, 11) is 0. The van der Waals surface area contributed by atoms with Crippen molar-refractivity contribution in [3.63, 3.8) is 0 Å². The van der Waals surface area contributed by atoms with E-state index in [1.165, 1.54) is 6.07 Å². The number of carbonyl (C=O) groups is 1. The number of nitro groups is 2. The van der Waals surface area contributed by atoms with Gasteiger partial charge in [0.1, 0.15) is 0 Å². The Balaban J connectivity index is 1.84. The number of hydrogen-bond donors (Lipinski definition) is 0. The maximum Gasteiger partial charge on any atom is 0.301 e. The molecule has 1 aliphatic carbocycles. The third-order valence-electron chi connectivity index (χ3n) is 7.40. The van der Waals surface area contributed by atoms with Crippen LogP contribution in [-0.4, -0.2) is 15.6 Å². The lowest BCUT2D eigenvalue weighted by Crippen LogP contribution is -2.26. The number of hydrogen-bond acceptors (Lipinski definition) is 5. The lowest BCUT2D eigenvalue weighted by Gasteiger charge is -2.26. The first-order valence-corrected chi connectivity index (χ1v) is 11.7. The fourth-order valence-corrected chi connectivity index (χ4v) is 5.92. The first-order chi connectivity index (χ1) is 18.0. The Bertz CT molecular complexity index is 2030. The second-order valence-corrected chi connectivity index (χ2v) is 9.25. The highest BCUT2D eigenvalue weighted by atomic mass is 16.6. The predicted molar refractivity (Wildman–Crippen MR) is 143 cm³/mol. The van der Waals surface area contributed by atoms with E-state index in [0.29, 0.717) is 16.5 Å². The second-order valence-electron chi connectivity index (χ2n) is 9.25. The van der Waals surface area contributed by atoms with Crippen molar-refractivity contribution in [3.8, 4) is 11.1 Å². The Morgan fingerprint density at radius 2 is 1.30 bits per heavy atom. The highest BCUT2D eigenvalue weighted by molar-refractivity contribution is 6.29. The summed E-state index contributed by atoms with van der Waals surface area (Å²) < 4.78 is 0. The molecule has 1 aliphatic rings. The number of Topliss-reactive ketones (excluding diaryl/α,β-unsaturated/α-hetero) is 1. The molecule has 1 atom stereocenters. The van der Waals surface area contributed by atoms with E-state index in [0.717, 1.165) is 32.3 Å². The molecule has 0 fully saturated rings. The summed E-state index contributed by atoms with van der Waals surface area (Å²) in [5.74, 6) is -0.669. The van der Waals surface area contributed by atoms with Crippen LogP contribution in [-0.2, 0) is 0 Å². The van der Waals surface area contributed by atoms with E-state index in [9.17, 15) is 25.0 Å². The number of carbonyl (C=O) groups excluding carboxylic acids is 1. The van der Waals surface area contributed by atoms with Crippen LogP contribution in [0, 0.1) is 20.2 Å². The lowest BCUT2D eigenvalue weighted by molar-refractivity contribution is -0.510. The fraction of sp³-hybridized carbons (Fsp3) is 0.0333. The average Bonchev–Trinajstić information content (AvgIpc) is 2.91. The van der Waals surface area contributed by atoms with Crippen molar-refractivity contribution < 1.29 is 14.6 Å². The van der Waals surface area contributed by atoms with E-state index < -0.39 is 21.7 Å². The van der Waals surface area contributed by atoms with Gasteiger partial charge in [-0.05, 0) is 55.4 Å². The number of benzene rings is 6. The van der Waals surface area contributed by atoms with Gasteiger partial charge >= 0.3 is 6.04 Å². The van der Waals surface area contributed by atoms with Gasteiger partial charge in [0.05, 0.1) is 15.9 Å². The summed E-state index contributed by atoms with van der Waals surface area (Å²) in [6, 6.07) is 25.7. The molecule has 7 nitrogen and oxygen atoms in total. The van der Waals surface area contributed by atoms with E-state index in [4.69, 9.17) is 0 Å². The Labute approximate surface area is 208 Å². The minimum atomic E-state index is -1.76. The molecule has 0 amide bonds. The van der Waals surface area contributed by atoms with Crippen molar-refractivity contribution in [1.82, 2.24) is 0 Å². The van der Waals surface area contributed by atoms with Crippen LogP contribution in [0.25, 0.3) is 54.2 Å². The maximum atomic E-state index is 13.5. The molecule has 0 spiro atoms. The molecule has 0 aromatic heterocycles. The van der Waals surface area contributed by atoms with Gasteiger partial charge in [-0.1, -0.05) is 72.8 Å². The Morgan fingerprint density at radius 3 is 2.03 bits per heavy atom. The summed E-state index contributed by atoms with van der Waals surface area (Å²) in [4.78, 5) is 36.9. The Morgan fingerprint density at radius 1 is 0.622 bits per heavy atom. The van der Waals surface area contributed by atoms with Crippen molar-refractivity contribution in [2.45, 2.75) is 6.04 Å². The van der Waals surface area contributed by atoms with E-state index in [1.807, 2.05) is 36.4 Å². The first kappa shape index (κ1) is 21.1. The molecule has 0 heterocycles. The van der Waals surface area contributed by atoms with Gasteiger partial charge in [0.25, 0.3) is 5.69 Å². The molecular weight excluding hydrogens is 468 g/mol. The monoisotopic (exact) mass is 484 g/mol. The molecule has 7 heteroatoms. The minimum absolute atomic E-state index is 0.0872. The van der Waals surface area contributed by atoms with Crippen molar-refractivity contribution in [1.29, 1.82) is 0 Å². The van der Waals surface area contributed by atoms with Crippen LogP contribution in [0.4, 0.5) is 5.69 Å². The third-order valence-corrected chi connectivity index (χ3v) is 7.40. The predicted octanol–water partition coefficient (Wildman–Crippen LogP) is 7.39. The van der Waals surface area contributed by atoms with Gasteiger partial charge in [0.2, 0.25) is 5.78 Å². The molecular formula is C30H16N2O5. The molecule has 7 rings (SSSR count). The smallest absolute Gasteiger partial charge is 0.286 e. The first-order valence-electron chi connectivity index (χ1n) is 11.7. The minimum Gasteiger partial charge on any atom is -0.286 e. The molecule has 0 N–H and O–H groups in total. The standard InChI is InChI=1S/C30H16N2O5/c33-30-22-9-4-3-8-20(22)27-25-21(13-12-18-14-16-6-1-2-7-17(16)15-23(18)25)19-10-5-11-24(31(34)35)26(19)28(27)29(30)32(36)37/h1-15,29H. The van der Waals surface area contributed by atoms with Gasteiger partial charge < -0.3 is 0 Å². The average molecular weight is 484 g/mol. The number of non-ortho nitro benzene ring substituents is 1. The van der Waals surface area contributed by atoms with Crippen LogP contribution in [0.5, 0.6) is 0 Å². The summed E-state index contributed by atoms with van der Waals surface area (Å²) in [5, 5.41) is 30.6. The van der Waals surface area contributed by atoms with Crippen LogP contribution >= 0.6 is 0 Å². The third kappa shape index (κ3) is 2.79. The molecule has 0 aliphatic heterocycles. The van der Waals surface area contributed by atoms with Crippen LogP contribution < -0.4 is 0 Å². The van der Waals surface area contributed by atoms with Crippen molar-refractivity contribution in [2.24, 2.45) is 0 Å². The summed E-state index contributed by atoms with van der Waals surface area (Å²) in [6.45, 7) is 0. The van der Waals surface area contributed by atoms with Gasteiger partial charge in [0.15, 0.2) is 0 Å². The highest BCUT2D eigenvalue weighted by Gasteiger charge is 2.44. The van der Waals surface area contributed by atoms with Gasteiger partial charge in [-0.2, -0.15) is 0 Å². The number of nitrogens with zero attached hydrogens (tertiary/aromatic N) is 2. The second kappa shape index (κ2) is 7.41. The van der Waals surface area contributed by atoms with E-state index >= 15 is 0 Å². The number of fused-ring (bicyclic) bond motifs is 11. The topological polar surface area (TPSA) is 103 Å². The Kier molecular flexibility index (Phi) is 4.24. The number of nitro benzene ring substituents is 1. The van der Waals surface area contributed by atoms with Gasteiger partial charge in [-0.3, -0.25) is 25.0 Å². The van der Waals surface area contributed by atoms with Crippen LogP contribution in [0.3, 0.4) is 0 Å². The van der Waals surface area contributed by atoms with Gasteiger partial charge in [0, 0.05) is 22.1 Å². The SMILES string of the molecule is O=C1c2ccccc2-c2c(c3c([N+](=O)[O-])cccc3c3ccc4cc5ccccc5cc4c23)C1[N+](=O)[O-]. The lowest BCUT2D eigenvalue weighted by atomic mass is 9.75. The van der Waals surface area contributed by atoms with Crippen LogP contribution in [0.1, 0.15) is 22.0 Å². The zero-order valence-corrected chi connectivity index (χ0v) is 19.2. The molecule has 0 saturated heterocycles. The van der Waals surface area contributed by atoms with Gasteiger partial charge in [-0.25, -0.2) is 0 Å². The largest absolute Gasteiger partial charge is 0.301 e. The Hall–Kier alpha value is -5.17. The normalized spacial score (nSPS) is 14.7. The van der Waals surface area contributed by atoms with Gasteiger partial charge in [-0.15, -0.1) is 0 Å². The highest BCUT2D eigenvalue weighted by Crippen LogP contribution is 2.51. The number of rotatable bonds is 2. The van der Waals surface area contributed by atoms with E-state index in [2.05, 4.69) is 12.1 Å². The molecule has 0 radical (unpaired) electrons. The molecule has 176 valence electrons. The maximum absolute atomic E-state index is 13.5. The summed E-state index contributed by atoms with van der Waals surface area (Å²) in [5.41, 5.74) is 1.13. The van der Waals surface area contributed by atoms with E-state index in [-0.39, 0.29) is 22.2 Å². The zero-order valence-electron chi connectivity index (χ0n) is 19.2. The van der Waals surface area contributed by atoms with Crippen molar-refractivity contribution >= 4 is 54.6 Å². The molecule has 0 bridgehead atoms. The molecule has 6 aromatic rings.